The van der Waals surface area contributed by atoms with Crippen LogP contribution in [0.15, 0.2) is 64.8 Å². The van der Waals surface area contributed by atoms with Crippen LogP contribution >= 0.6 is 0 Å². The first-order chi connectivity index (χ1) is 17.8. The summed E-state index contributed by atoms with van der Waals surface area (Å²) in [5.74, 6) is 1.38. The fourth-order valence-electron chi connectivity index (χ4n) is 5.59. The van der Waals surface area contributed by atoms with Crippen LogP contribution < -0.4 is 5.32 Å². The SMILES string of the molecule is CCN(CC)[C@@H]1C=CC(C2CC[C@@H]3CC(OCC(O)COS(=O)(=O)c4ccc(C)cc4)=CC[C@@H]3N2)=CC1. The van der Waals surface area contributed by atoms with E-state index in [2.05, 4.69) is 48.4 Å². The molecule has 7 nitrogen and oxygen atoms in total. The molecule has 3 aliphatic rings. The van der Waals surface area contributed by atoms with Gasteiger partial charge in [0.2, 0.25) is 0 Å². The van der Waals surface area contributed by atoms with Crippen LogP contribution in [0.2, 0.25) is 0 Å². The molecule has 2 aliphatic carbocycles. The van der Waals surface area contributed by atoms with Crippen molar-refractivity contribution in [3.05, 3.63) is 65.5 Å². The molecular formula is C29H42N2O5S. The Kier molecular flexibility index (Phi) is 9.64. The highest BCUT2D eigenvalue weighted by molar-refractivity contribution is 7.86. The van der Waals surface area contributed by atoms with E-state index in [1.807, 2.05) is 6.92 Å². The van der Waals surface area contributed by atoms with Crippen LogP contribution in [-0.2, 0) is 19.0 Å². The number of aliphatic hydroxyl groups excluding tert-OH is 1. The highest BCUT2D eigenvalue weighted by Crippen LogP contribution is 2.35. The summed E-state index contributed by atoms with van der Waals surface area (Å²) < 4.78 is 35.6. The molecule has 0 spiro atoms. The zero-order chi connectivity index (χ0) is 26.4. The van der Waals surface area contributed by atoms with E-state index in [9.17, 15) is 13.5 Å². The van der Waals surface area contributed by atoms with Crippen LogP contribution in [-0.4, -0.2) is 69.0 Å². The van der Waals surface area contributed by atoms with Gasteiger partial charge in [-0.2, -0.15) is 8.42 Å². The quantitative estimate of drug-likeness (QED) is 0.417. The van der Waals surface area contributed by atoms with Crippen molar-refractivity contribution in [3.8, 4) is 0 Å². The molecule has 37 heavy (non-hydrogen) atoms. The van der Waals surface area contributed by atoms with Gasteiger partial charge in [-0.15, -0.1) is 0 Å². The van der Waals surface area contributed by atoms with Crippen LogP contribution in [0.4, 0.5) is 0 Å². The number of hydrogen-bond acceptors (Lipinski definition) is 7. The molecule has 0 bridgehead atoms. The molecule has 0 amide bonds. The number of piperidine rings is 1. The Balaban J connectivity index is 1.21. The van der Waals surface area contributed by atoms with Gasteiger partial charge < -0.3 is 15.2 Å². The van der Waals surface area contributed by atoms with Gasteiger partial charge in [-0.3, -0.25) is 9.08 Å². The van der Waals surface area contributed by atoms with E-state index >= 15 is 0 Å². The third-order valence-corrected chi connectivity index (χ3v) is 9.15. The number of likely N-dealkylation sites (N-methyl/N-ethyl adjacent to an activating group) is 1. The standard InChI is InChI=1S/C29H42N2O5S/c1-4-31(5-2)24-11-8-22(9-12-24)28-16-10-23-18-26(13-17-29(23)30-28)35-19-25(32)20-36-37(33,34)27-14-6-21(3)7-15-27/h6-9,11,13-15,23-25,28-30,32H,4-5,10,12,16-20H2,1-3H3/t23-,24-,25?,28?,29+/m1/s1. The number of ether oxygens (including phenoxy) is 1. The van der Waals surface area contributed by atoms with Crippen molar-refractivity contribution in [1.29, 1.82) is 0 Å². The maximum atomic E-state index is 12.3. The van der Waals surface area contributed by atoms with Gasteiger partial charge in [0.25, 0.3) is 10.1 Å². The van der Waals surface area contributed by atoms with Gasteiger partial charge in [0.15, 0.2) is 0 Å². The summed E-state index contributed by atoms with van der Waals surface area (Å²) >= 11 is 0. The number of hydrogen-bond donors (Lipinski definition) is 2. The van der Waals surface area contributed by atoms with Crippen LogP contribution in [0.5, 0.6) is 0 Å². The van der Waals surface area contributed by atoms with Crippen molar-refractivity contribution in [2.24, 2.45) is 5.92 Å². The van der Waals surface area contributed by atoms with Gasteiger partial charge in [0.05, 0.1) is 17.3 Å². The molecule has 8 heteroatoms. The van der Waals surface area contributed by atoms with E-state index in [1.165, 1.54) is 17.7 Å². The monoisotopic (exact) mass is 530 g/mol. The number of allylic oxidation sites excluding steroid dienone is 1. The van der Waals surface area contributed by atoms with E-state index < -0.39 is 16.2 Å². The number of nitrogens with one attached hydrogen (secondary N) is 1. The van der Waals surface area contributed by atoms with Crippen molar-refractivity contribution < 1.29 is 22.4 Å². The minimum absolute atomic E-state index is 0.00801. The summed E-state index contributed by atoms with van der Waals surface area (Å²) in [4.78, 5) is 2.58. The van der Waals surface area contributed by atoms with Crippen LogP contribution in [0, 0.1) is 12.8 Å². The molecule has 2 unspecified atom stereocenters. The van der Waals surface area contributed by atoms with E-state index in [1.54, 1.807) is 12.1 Å². The van der Waals surface area contributed by atoms with Crippen LogP contribution in [0.3, 0.4) is 0 Å². The van der Waals surface area contributed by atoms with Crippen molar-refractivity contribution in [1.82, 2.24) is 10.2 Å². The zero-order valence-electron chi connectivity index (χ0n) is 22.3. The summed E-state index contributed by atoms with van der Waals surface area (Å²) in [7, 11) is -3.91. The molecule has 1 aromatic rings. The Morgan fingerprint density at radius 1 is 1.08 bits per heavy atom. The Labute approximate surface area is 222 Å². The predicted molar refractivity (Wildman–Crippen MR) is 146 cm³/mol. The molecule has 1 saturated heterocycles. The van der Waals surface area contributed by atoms with Gasteiger partial charge in [-0.1, -0.05) is 49.8 Å². The maximum Gasteiger partial charge on any atom is 0.297 e. The highest BCUT2D eigenvalue weighted by atomic mass is 32.2. The summed E-state index contributed by atoms with van der Waals surface area (Å²) in [6.07, 6.45) is 13.2. The Bertz CT molecular complexity index is 1090. The molecule has 0 saturated carbocycles. The number of nitrogens with zero attached hydrogens (tertiary/aromatic N) is 1. The molecular weight excluding hydrogens is 488 g/mol. The number of aryl methyl sites for hydroxylation is 1. The van der Waals surface area contributed by atoms with Crippen molar-refractivity contribution in [2.75, 3.05) is 26.3 Å². The van der Waals surface area contributed by atoms with Crippen molar-refractivity contribution >= 4 is 10.1 Å². The lowest BCUT2D eigenvalue weighted by Gasteiger charge is -2.41. The highest BCUT2D eigenvalue weighted by Gasteiger charge is 2.34. The van der Waals surface area contributed by atoms with E-state index in [-0.39, 0.29) is 18.1 Å². The maximum absolute atomic E-state index is 12.3. The molecule has 1 aromatic carbocycles. The number of benzene rings is 1. The molecule has 1 heterocycles. The topological polar surface area (TPSA) is 88.1 Å². The molecule has 2 N–H and O–H groups in total. The molecule has 1 fully saturated rings. The van der Waals surface area contributed by atoms with Gasteiger partial charge in [-0.05, 0) is 75.4 Å². The number of fused-ring (bicyclic) bond motifs is 1. The number of rotatable bonds is 11. The van der Waals surface area contributed by atoms with Gasteiger partial charge in [0, 0.05) is 24.5 Å². The minimum atomic E-state index is -3.91. The second-order valence-electron chi connectivity index (χ2n) is 10.4. The fourth-order valence-corrected chi connectivity index (χ4v) is 6.53. The molecule has 204 valence electrons. The smallest absolute Gasteiger partial charge is 0.297 e. The van der Waals surface area contributed by atoms with E-state index in [0.717, 1.165) is 56.5 Å². The third-order valence-electron chi connectivity index (χ3n) is 7.85. The molecule has 1 aliphatic heterocycles. The number of aliphatic hydroxyl groups is 1. The van der Waals surface area contributed by atoms with E-state index in [0.29, 0.717) is 24.0 Å². The lowest BCUT2D eigenvalue weighted by Crippen LogP contribution is -2.49. The third kappa shape index (κ3) is 7.33. The normalized spacial score (nSPS) is 26.8. The van der Waals surface area contributed by atoms with Crippen molar-refractivity contribution in [2.45, 2.75) is 82.0 Å². The Hall–Kier alpha value is -1.97. The van der Waals surface area contributed by atoms with Gasteiger partial charge >= 0.3 is 0 Å². The summed E-state index contributed by atoms with van der Waals surface area (Å²) in [6, 6.07) is 7.77. The average molecular weight is 531 g/mol. The second-order valence-corrected chi connectivity index (χ2v) is 12.0. The molecule has 0 radical (unpaired) electrons. The Morgan fingerprint density at radius 2 is 1.84 bits per heavy atom. The molecule has 0 aromatic heterocycles. The second kappa shape index (κ2) is 12.7. The summed E-state index contributed by atoms with van der Waals surface area (Å²) in [6.45, 7) is 8.15. The largest absolute Gasteiger partial charge is 0.495 e. The van der Waals surface area contributed by atoms with Gasteiger partial charge in [-0.25, -0.2) is 0 Å². The average Bonchev–Trinajstić information content (AvgIpc) is 2.92. The first kappa shape index (κ1) is 28.0. The minimum Gasteiger partial charge on any atom is -0.495 e. The molecule has 5 atom stereocenters. The summed E-state index contributed by atoms with van der Waals surface area (Å²) in [5, 5.41) is 14.1. The van der Waals surface area contributed by atoms with Crippen LogP contribution in [0.1, 0.15) is 51.5 Å². The summed E-state index contributed by atoms with van der Waals surface area (Å²) in [5.41, 5.74) is 2.38. The van der Waals surface area contributed by atoms with Gasteiger partial charge in [0.1, 0.15) is 12.7 Å². The first-order valence-electron chi connectivity index (χ1n) is 13.6. The fraction of sp³-hybridized carbons (Fsp3) is 0.586. The van der Waals surface area contributed by atoms with Crippen LogP contribution in [0.25, 0.3) is 0 Å². The Morgan fingerprint density at radius 3 is 2.51 bits per heavy atom. The lowest BCUT2D eigenvalue weighted by atomic mass is 9.78. The lowest BCUT2D eigenvalue weighted by molar-refractivity contribution is 0.0313. The zero-order valence-corrected chi connectivity index (χ0v) is 23.1. The predicted octanol–water partition coefficient (Wildman–Crippen LogP) is 4.09. The van der Waals surface area contributed by atoms with Crippen molar-refractivity contribution in [3.63, 3.8) is 0 Å². The first-order valence-corrected chi connectivity index (χ1v) is 15.0. The van der Waals surface area contributed by atoms with E-state index in [4.69, 9.17) is 8.92 Å². The molecule has 4 rings (SSSR count).